The van der Waals surface area contributed by atoms with E-state index in [1.54, 1.807) is 6.07 Å². The van der Waals surface area contributed by atoms with Gasteiger partial charge in [-0.25, -0.2) is 8.78 Å². The summed E-state index contributed by atoms with van der Waals surface area (Å²) in [6, 6.07) is 5.92. The van der Waals surface area contributed by atoms with E-state index in [1.807, 2.05) is 19.1 Å². The molecule has 1 aromatic rings. The van der Waals surface area contributed by atoms with Gasteiger partial charge in [0, 0.05) is 24.3 Å². The van der Waals surface area contributed by atoms with Crippen molar-refractivity contribution in [1.82, 2.24) is 5.32 Å². The number of fused-ring (bicyclic) bond motifs is 5. The van der Waals surface area contributed by atoms with Crippen LogP contribution in [0.25, 0.3) is 0 Å². The molecule has 1 aromatic carbocycles. The average molecular weight is 404 g/mol. The summed E-state index contributed by atoms with van der Waals surface area (Å²) >= 11 is 0. The Balaban J connectivity index is 1.40. The minimum absolute atomic E-state index is 0.0289. The van der Waals surface area contributed by atoms with Gasteiger partial charge in [-0.2, -0.15) is 0 Å². The number of phenolic OH excluding ortho intramolecular Hbond substituents is 1. The number of aryl methyl sites for hydroxylation is 1. The number of aromatic hydroxyl groups is 1. The fourth-order valence-electron chi connectivity index (χ4n) is 6.93. The Bertz CT molecular complexity index is 821. The van der Waals surface area contributed by atoms with E-state index in [2.05, 4.69) is 5.32 Å². The molecule has 4 aliphatic carbocycles. The minimum Gasteiger partial charge on any atom is -0.508 e. The first-order valence-corrected chi connectivity index (χ1v) is 11.3. The van der Waals surface area contributed by atoms with Crippen LogP contribution in [0.4, 0.5) is 8.78 Å². The van der Waals surface area contributed by atoms with Crippen LogP contribution in [-0.4, -0.2) is 23.0 Å². The number of rotatable bonds is 4. The van der Waals surface area contributed by atoms with Gasteiger partial charge in [-0.1, -0.05) is 13.0 Å². The summed E-state index contributed by atoms with van der Waals surface area (Å²) in [4.78, 5) is 12.2. The first-order chi connectivity index (χ1) is 13.8. The summed E-state index contributed by atoms with van der Waals surface area (Å²) < 4.78 is 30.5. The number of phenols is 1. The zero-order valence-corrected chi connectivity index (χ0v) is 17.1. The predicted molar refractivity (Wildman–Crippen MR) is 107 cm³/mol. The van der Waals surface area contributed by atoms with Crippen LogP contribution in [0.3, 0.4) is 0 Å². The molecule has 0 aromatic heterocycles. The Hall–Kier alpha value is -1.65. The van der Waals surface area contributed by atoms with Crippen molar-refractivity contribution in [3.05, 3.63) is 29.3 Å². The van der Waals surface area contributed by atoms with Crippen LogP contribution in [0.15, 0.2) is 18.2 Å². The maximum atomic E-state index is 15.2. The Morgan fingerprint density at radius 3 is 2.79 bits per heavy atom. The van der Waals surface area contributed by atoms with Crippen molar-refractivity contribution in [3.8, 4) is 5.75 Å². The third-order valence-electron chi connectivity index (χ3n) is 8.51. The van der Waals surface area contributed by atoms with Gasteiger partial charge in [0.05, 0.1) is 0 Å². The first-order valence-electron chi connectivity index (χ1n) is 11.3. The van der Waals surface area contributed by atoms with Crippen molar-refractivity contribution in [3.63, 3.8) is 0 Å². The number of nitrogens with one attached hydrogen (secondary N) is 1. The summed E-state index contributed by atoms with van der Waals surface area (Å²) in [6.07, 6.45) is 6.04. The second-order valence-electron chi connectivity index (χ2n) is 10.2. The van der Waals surface area contributed by atoms with E-state index < -0.39 is 11.3 Å². The van der Waals surface area contributed by atoms with Gasteiger partial charge >= 0.3 is 0 Å². The van der Waals surface area contributed by atoms with Gasteiger partial charge in [-0.15, -0.1) is 0 Å². The van der Waals surface area contributed by atoms with Gasteiger partial charge in [0.1, 0.15) is 5.75 Å². The zero-order chi connectivity index (χ0) is 20.4. The average Bonchev–Trinajstić information content (AvgIpc) is 3.45. The number of alkyl halides is 2. The van der Waals surface area contributed by atoms with Crippen LogP contribution in [0, 0.1) is 23.2 Å². The maximum Gasteiger partial charge on any atom is 0.253 e. The highest BCUT2D eigenvalue weighted by Gasteiger charge is 2.67. The monoisotopic (exact) mass is 403 g/mol. The molecule has 0 saturated heterocycles. The van der Waals surface area contributed by atoms with E-state index >= 15 is 8.78 Å². The summed E-state index contributed by atoms with van der Waals surface area (Å²) in [5.41, 5.74) is 1.47. The standard InChI is InChI=1S/C24H31F2NO2/c1-23-11-10-19-18-8-6-17(28)12-14(18)2-7-20(19)22(23)15(13-24(23,25)26)3-9-21(29)27-16-4-5-16/h6,8,12,15-16,19-20,22,28H,2-5,7,9-11,13H2,1H3,(H,27,29)/t15-,19-,20-,22+,23+/m1/s1. The summed E-state index contributed by atoms with van der Waals surface area (Å²) in [6.45, 7) is 1.81. The Labute approximate surface area is 171 Å². The lowest BCUT2D eigenvalue weighted by Crippen LogP contribution is -2.47. The molecule has 5 atom stereocenters. The Kier molecular flexibility index (Phi) is 4.45. The van der Waals surface area contributed by atoms with Crippen LogP contribution < -0.4 is 5.32 Å². The van der Waals surface area contributed by atoms with Crippen molar-refractivity contribution < 1.29 is 18.7 Å². The van der Waals surface area contributed by atoms with Crippen molar-refractivity contribution in [2.45, 2.75) is 82.6 Å². The lowest BCUT2D eigenvalue weighted by molar-refractivity contribution is -0.133. The molecule has 2 N–H and O–H groups in total. The van der Waals surface area contributed by atoms with E-state index in [0.717, 1.165) is 32.1 Å². The first kappa shape index (κ1) is 19.3. The van der Waals surface area contributed by atoms with Crippen LogP contribution in [0.1, 0.15) is 75.3 Å². The summed E-state index contributed by atoms with van der Waals surface area (Å²) in [5, 5.41) is 12.8. The van der Waals surface area contributed by atoms with E-state index in [-0.39, 0.29) is 35.8 Å². The van der Waals surface area contributed by atoms with E-state index in [0.29, 0.717) is 31.2 Å². The molecule has 0 aliphatic heterocycles. The molecule has 4 aliphatic rings. The molecular weight excluding hydrogens is 372 g/mol. The lowest BCUT2D eigenvalue weighted by Gasteiger charge is -2.51. The molecular formula is C24H31F2NO2. The molecule has 29 heavy (non-hydrogen) atoms. The van der Waals surface area contributed by atoms with Crippen molar-refractivity contribution in [2.75, 3.05) is 0 Å². The largest absolute Gasteiger partial charge is 0.508 e. The zero-order valence-electron chi connectivity index (χ0n) is 17.1. The molecule has 0 bridgehead atoms. The fraction of sp³-hybridized carbons (Fsp3) is 0.708. The molecule has 3 nitrogen and oxygen atoms in total. The van der Waals surface area contributed by atoms with Crippen molar-refractivity contribution in [2.24, 2.45) is 23.2 Å². The van der Waals surface area contributed by atoms with Gasteiger partial charge in [-0.05, 0) is 91.9 Å². The molecule has 0 radical (unpaired) electrons. The third-order valence-corrected chi connectivity index (χ3v) is 8.51. The van der Waals surface area contributed by atoms with Crippen molar-refractivity contribution >= 4 is 5.91 Å². The molecule has 0 unspecified atom stereocenters. The fourth-order valence-corrected chi connectivity index (χ4v) is 6.93. The Morgan fingerprint density at radius 2 is 2.03 bits per heavy atom. The number of carbonyl (C=O) groups is 1. The molecule has 3 saturated carbocycles. The second-order valence-corrected chi connectivity index (χ2v) is 10.2. The highest BCUT2D eigenvalue weighted by Crippen LogP contribution is 2.68. The van der Waals surface area contributed by atoms with Gasteiger partial charge in [0.2, 0.25) is 5.91 Å². The van der Waals surface area contributed by atoms with Crippen LogP contribution in [0.2, 0.25) is 0 Å². The molecule has 0 heterocycles. The van der Waals surface area contributed by atoms with Crippen LogP contribution in [-0.2, 0) is 11.2 Å². The SMILES string of the molecule is C[C@]12CC[C@@H]3c4ccc(O)cc4CC[C@H]3[C@@H]1[C@H](CCC(=O)NC1CC1)CC2(F)F. The molecule has 5 rings (SSSR count). The minimum atomic E-state index is -2.66. The van der Waals surface area contributed by atoms with Gasteiger partial charge in [-0.3, -0.25) is 4.79 Å². The number of amides is 1. The van der Waals surface area contributed by atoms with Gasteiger partial charge in [0.15, 0.2) is 0 Å². The quantitative estimate of drug-likeness (QED) is 0.729. The number of carbonyl (C=O) groups excluding carboxylic acids is 1. The third kappa shape index (κ3) is 3.16. The number of hydrogen-bond acceptors (Lipinski definition) is 2. The molecule has 1 amide bonds. The van der Waals surface area contributed by atoms with Gasteiger partial charge < -0.3 is 10.4 Å². The predicted octanol–water partition coefficient (Wildman–Crippen LogP) is 5.17. The normalized spacial score (nSPS) is 37.3. The van der Waals surface area contributed by atoms with E-state index in [4.69, 9.17) is 0 Å². The second kappa shape index (κ2) is 6.68. The molecule has 5 heteroatoms. The van der Waals surface area contributed by atoms with Gasteiger partial charge in [0.25, 0.3) is 5.92 Å². The molecule has 3 fully saturated rings. The summed E-state index contributed by atoms with van der Waals surface area (Å²) in [5.74, 6) is -1.92. The summed E-state index contributed by atoms with van der Waals surface area (Å²) in [7, 11) is 0. The highest BCUT2D eigenvalue weighted by molar-refractivity contribution is 5.76. The number of halogens is 2. The molecule has 158 valence electrons. The van der Waals surface area contributed by atoms with E-state index in [1.165, 1.54) is 11.1 Å². The van der Waals surface area contributed by atoms with Crippen LogP contribution in [0.5, 0.6) is 5.75 Å². The topological polar surface area (TPSA) is 49.3 Å². The lowest BCUT2D eigenvalue weighted by atomic mass is 9.53. The highest BCUT2D eigenvalue weighted by atomic mass is 19.3. The Morgan fingerprint density at radius 1 is 1.24 bits per heavy atom. The van der Waals surface area contributed by atoms with Crippen molar-refractivity contribution in [1.29, 1.82) is 0 Å². The van der Waals surface area contributed by atoms with Crippen LogP contribution >= 0.6 is 0 Å². The van der Waals surface area contributed by atoms with E-state index in [9.17, 15) is 9.90 Å². The smallest absolute Gasteiger partial charge is 0.253 e. The number of benzene rings is 1. The number of hydrogen-bond donors (Lipinski definition) is 2. The molecule has 0 spiro atoms. The maximum absolute atomic E-state index is 15.2.